The van der Waals surface area contributed by atoms with E-state index in [1.165, 1.54) is 6.20 Å². The highest BCUT2D eigenvalue weighted by atomic mass is 16.5. The minimum absolute atomic E-state index is 0.0486. The van der Waals surface area contributed by atoms with Crippen molar-refractivity contribution in [1.82, 2.24) is 5.16 Å². The molecule has 0 spiro atoms. The minimum atomic E-state index is -0.540. The van der Waals surface area contributed by atoms with Crippen LogP contribution in [0.1, 0.15) is 16.1 Å². The maximum Gasteiger partial charge on any atom is 0.291 e. The topological polar surface area (TPSA) is 102 Å². The molecule has 0 fully saturated rings. The summed E-state index contributed by atoms with van der Waals surface area (Å²) in [5, 5.41) is 6.23. The Morgan fingerprint density at radius 3 is 2.95 bits per heavy atom. The number of hydrogen-bond donors (Lipinski definition) is 2. The van der Waals surface area contributed by atoms with Gasteiger partial charge in [-0.2, -0.15) is 4.57 Å². The number of carbonyl (C=O) groups is 2. The average molecular weight is 261 g/mol. The molecule has 0 saturated heterocycles. The van der Waals surface area contributed by atoms with E-state index in [0.717, 1.165) is 0 Å². The molecule has 0 bridgehead atoms. The lowest BCUT2D eigenvalue weighted by molar-refractivity contribution is -0.684. The summed E-state index contributed by atoms with van der Waals surface area (Å²) in [4.78, 5) is 22.8. The quantitative estimate of drug-likeness (QED) is 0.756. The molecule has 7 nitrogen and oxygen atoms in total. The van der Waals surface area contributed by atoms with E-state index in [4.69, 9.17) is 10.3 Å². The van der Waals surface area contributed by atoms with Crippen LogP contribution in [0.3, 0.4) is 0 Å². The summed E-state index contributed by atoms with van der Waals surface area (Å²) in [6.45, 7) is 1.78. The number of aryl methyl sites for hydroxylation is 1. The fourth-order valence-corrected chi connectivity index (χ4v) is 1.54. The molecular weight excluding hydrogens is 248 g/mol. The maximum absolute atomic E-state index is 11.7. The Kier molecular flexibility index (Phi) is 3.56. The van der Waals surface area contributed by atoms with Crippen LogP contribution in [0.5, 0.6) is 0 Å². The Hall–Kier alpha value is -2.70. The van der Waals surface area contributed by atoms with Gasteiger partial charge in [0.05, 0.1) is 0 Å². The Bertz CT molecular complexity index is 621. The van der Waals surface area contributed by atoms with Gasteiger partial charge in [0.1, 0.15) is 11.3 Å². The molecule has 2 aromatic rings. The van der Waals surface area contributed by atoms with Crippen LogP contribution >= 0.6 is 0 Å². The lowest BCUT2D eigenvalue weighted by Crippen LogP contribution is -2.40. The summed E-state index contributed by atoms with van der Waals surface area (Å²) in [6.07, 6.45) is 3.18. The number of aromatic nitrogens is 2. The van der Waals surface area contributed by atoms with Gasteiger partial charge < -0.3 is 15.6 Å². The molecule has 0 aliphatic heterocycles. The molecule has 19 heavy (non-hydrogen) atoms. The van der Waals surface area contributed by atoms with Gasteiger partial charge in [-0.1, -0.05) is 5.16 Å². The predicted octanol–water partition coefficient (Wildman–Crippen LogP) is 0.00812. The van der Waals surface area contributed by atoms with Gasteiger partial charge in [-0.15, -0.1) is 0 Å². The molecule has 98 valence electrons. The van der Waals surface area contributed by atoms with Gasteiger partial charge in [-0.3, -0.25) is 9.59 Å². The molecule has 2 rings (SSSR count). The first kappa shape index (κ1) is 12.7. The fourth-order valence-electron chi connectivity index (χ4n) is 1.54. The van der Waals surface area contributed by atoms with Crippen LogP contribution in [0.25, 0.3) is 0 Å². The third-order valence-electron chi connectivity index (χ3n) is 2.36. The molecule has 0 unspecified atom stereocenters. The maximum atomic E-state index is 11.7. The zero-order valence-electron chi connectivity index (χ0n) is 10.3. The van der Waals surface area contributed by atoms with E-state index >= 15 is 0 Å². The lowest BCUT2D eigenvalue weighted by atomic mass is 10.3. The average Bonchev–Trinajstić information content (AvgIpc) is 2.74. The number of rotatable bonds is 4. The SMILES string of the molecule is Cc1cc(NC(=O)C[n+]2cccc(C(N)=O)c2)no1. The minimum Gasteiger partial charge on any atom is -0.365 e. The molecule has 2 heterocycles. The predicted molar refractivity (Wildman–Crippen MR) is 65.0 cm³/mol. The van der Waals surface area contributed by atoms with Crippen molar-refractivity contribution in [2.24, 2.45) is 5.73 Å². The van der Waals surface area contributed by atoms with E-state index in [1.54, 1.807) is 35.9 Å². The molecule has 0 saturated carbocycles. The molecule has 7 heteroatoms. The summed E-state index contributed by atoms with van der Waals surface area (Å²) in [6, 6.07) is 4.84. The Labute approximate surface area is 109 Å². The molecule has 2 amide bonds. The van der Waals surface area contributed by atoms with Crippen LogP contribution in [0.4, 0.5) is 5.82 Å². The number of nitrogens with two attached hydrogens (primary N) is 1. The van der Waals surface area contributed by atoms with Crippen LogP contribution in [0.2, 0.25) is 0 Å². The van der Waals surface area contributed by atoms with E-state index in [-0.39, 0.29) is 12.5 Å². The first-order valence-electron chi connectivity index (χ1n) is 5.56. The lowest BCUT2D eigenvalue weighted by Gasteiger charge is -1.99. The zero-order chi connectivity index (χ0) is 13.8. The van der Waals surface area contributed by atoms with Crippen molar-refractivity contribution in [3.63, 3.8) is 0 Å². The number of nitrogens with one attached hydrogen (secondary N) is 1. The highest BCUT2D eigenvalue weighted by Crippen LogP contribution is 2.06. The Morgan fingerprint density at radius 1 is 1.53 bits per heavy atom. The number of nitrogens with zero attached hydrogens (tertiary/aromatic N) is 2. The molecule has 0 atom stereocenters. The number of pyridine rings is 1. The largest absolute Gasteiger partial charge is 0.365 e. The number of anilines is 1. The first-order chi connectivity index (χ1) is 9.04. The zero-order valence-corrected chi connectivity index (χ0v) is 10.3. The van der Waals surface area contributed by atoms with Gasteiger partial charge in [0.2, 0.25) is 6.54 Å². The van der Waals surface area contributed by atoms with Crippen molar-refractivity contribution in [2.45, 2.75) is 13.5 Å². The number of primary amides is 1. The van der Waals surface area contributed by atoms with Crippen molar-refractivity contribution < 1.29 is 18.7 Å². The molecule has 3 N–H and O–H groups in total. The highest BCUT2D eigenvalue weighted by molar-refractivity contribution is 5.92. The van der Waals surface area contributed by atoms with E-state index < -0.39 is 5.91 Å². The second-order valence-electron chi connectivity index (χ2n) is 4.00. The molecular formula is C12H13N4O3+. The van der Waals surface area contributed by atoms with E-state index in [2.05, 4.69) is 10.5 Å². The first-order valence-corrected chi connectivity index (χ1v) is 5.56. The van der Waals surface area contributed by atoms with Crippen LogP contribution in [0, 0.1) is 6.92 Å². The van der Waals surface area contributed by atoms with Gasteiger partial charge in [0.25, 0.3) is 11.8 Å². The van der Waals surface area contributed by atoms with Crippen molar-refractivity contribution in [3.8, 4) is 0 Å². The molecule has 0 aromatic carbocycles. The van der Waals surface area contributed by atoms with E-state index in [9.17, 15) is 9.59 Å². The number of carbonyl (C=O) groups excluding carboxylic acids is 2. The fraction of sp³-hybridized carbons (Fsp3) is 0.167. The Morgan fingerprint density at radius 2 is 2.32 bits per heavy atom. The number of amides is 2. The summed E-state index contributed by atoms with van der Waals surface area (Å²) in [5.41, 5.74) is 5.50. The van der Waals surface area contributed by atoms with Crippen LogP contribution in [-0.4, -0.2) is 17.0 Å². The smallest absolute Gasteiger partial charge is 0.291 e. The van der Waals surface area contributed by atoms with Gasteiger partial charge in [0, 0.05) is 12.1 Å². The van der Waals surface area contributed by atoms with E-state index in [0.29, 0.717) is 17.1 Å². The number of hydrogen-bond acceptors (Lipinski definition) is 4. The summed E-state index contributed by atoms with van der Waals surface area (Å²) >= 11 is 0. The van der Waals surface area contributed by atoms with Gasteiger partial charge in [0.15, 0.2) is 18.2 Å². The van der Waals surface area contributed by atoms with Crippen molar-refractivity contribution in [2.75, 3.05) is 5.32 Å². The highest BCUT2D eigenvalue weighted by Gasteiger charge is 2.13. The van der Waals surface area contributed by atoms with Crippen molar-refractivity contribution in [1.29, 1.82) is 0 Å². The van der Waals surface area contributed by atoms with E-state index in [1.807, 2.05) is 0 Å². The third-order valence-corrected chi connectivity index (χ3v) is 2.36. The standard InChI is InChI=1S/C12H12N4O3/c1-8-5-10(15-19-8)14-11(17)7-16-4-2-3-9(6-16)12(13)18/h2-6H,7H2,1H3,(H2-,13,14,15,17,18)/p+1. The normalized spacial score (nSPS) is 10.2. The van der Waals surface area contributed by atoms with Crippen molar-refractivity contribution >= 4 is 17.6 Å². The second-order valence-corrected chi connectivity index (χ2v) is 4.00. The molecule has 0 aliphatic rings. The monoisotopic (exact) mass is 261 g/mol. The third kappa shape index (κ3) is 3.38. The molecule has 2 aromatic heterocycles. The Balaban J connectivity index is 2.02. The molecule has 0 aliphatic carbocycles. The van der Waals surface area contributed by atoms with Crippen LogP contribution in [0.15, 0.2) is 35.1 Å². The second kappa shape index (κ2) is 5.30. The van der Waals surface area contributed by atoms with Crippen LogP contribution in [-0.2, 0) is 11.3 Å². The van der Waals surface area contributed by atoms with Gasteiger partial charge in [-0.25, -0.2) is 0 Å². The van der Waals surface area contributed by atoms with Crippen molar-refractivity contribution in [3.05, 3.63) is 41.9 Å². The van der Waals surface area contributed by atoms with Gasteiger partial charge in [-0.05, 0) is 13.0 Å². The summed E-state index contributed by atoms with van der Waals surface area (Å²) in [7, 11) is 0. The molecule has 0 radical (unpaired) electrons. The van der Waals surface area contributed by atoms with Crippen LogP contribution < -0.4 is 15.6 Å². The summed E-state index contributed by atoms with van der Waals surface area (Å²) < 4.78 is 6.39. The van der Waals surface area contributed by atoms with Gasteiger partial charge >= 0.3 is 0 Å². The summed E-state index contributed by atoms with van der Waals surface area (Å²) in [5.74, 6) is 0.148.